The molecule has 1 aliphatic rings. The van der Waals surface area contributed by atoms with E-state index < -0.39 is 0 Å². The Morgan fingerprint density at radius 1 is 1.32 bits per heavy atom. The highest BCUT2D eigenvalue weighted by molar-refractivity contribution is 5.92. The van der Waals surface area contributed by atoms with E-state index in [1.54, 1.807) is 0 Å². The van der Waals surface area contributed by atoms with Crippen LogP contribution in [0.3, 0.4) is 0 Å². The van der Waals surface area contributed by atoms with Crippen molar-refractivity contribution in [2.24, 2.45) is 5.92 Å². The summed E-state index contributed by atoms with van der Waals surface area (Å²) in [6, 6.07) is -0.363. The van der Waals surface area contributed by atoms with Crippen LogP contribution in [0.25, 0.3) is 0 Å². The standard InChI is InChI=1S/C17H24N4O4/c1-4-13-18-12(9-24-13)16(22)19-14(11-5-7-23-8-6-11)17-20-15(10(2)3)21-25-17/h9-11,14H,4-8H2,1-3H3,(H,19,22)/t14-/m0/s1. The molecule has 1 amide bonds. The maximum atomic E-state index is 12.6. The smallest absolute Gasteiger partial charge is 0.273 e. The Kier molecular flexibility index (Phi) is 5.47. The van der Waals surface area contributed by atoms with Gasteiger partial charge in [0, 0.05) is 25.6 Å². The van der Waals surface area contributed by atoms with Crippen molar-refractivity contribution in [2.45, 2.75) is 52.0 Å². The summed E-state index contributed by atoms with van der Waals surface area (Å²) in [7, 11) is 0. The Balaban J connectivity index is 1.81. The molecule has 0 radical (unpaired) electrons. The fourth-order valence-electron chi connectivity index (χ4n) is 2.83. The van der Waals surface area contributed by atoms with Crippen LogP contribution in [-0.2, 0) is 11.2 Å². The minimum absolute atomic E-state index is 0.159. The highest BCUT2D eigenvalue weighted by Crippen LogP contribution is 2.30. The fourth-order valence-corrected chi connectivity index (χ4v) is 2.83. The zero-order chi connectivity index (χ0) is 17.8. The van der Waals surface area contributed by atoms with Gasteiger partial charge in [-0.05, 0) is 18.8 Å². The predicted molar refractivity (Wildman–Crippen MR) is 88.0 cm³/mol. The number of carbonyl (C=O) groups excluding carboxylic acids is 1. The molecule has 3 rings (SSSR count). The van der Waals surface area contributed by atoms with Crippen molar-refractivity contribution in [3.05, 3.63) is 29.6 Å². The molecular weight excluding hydrogens is 324 g/mol. The molecule has 2 aromatic rings. The van der Waals surface area contributed by atoms with Crippen molar-refractivity contribution < 1.29 is 18.5 Å². The minimum atomic E-state index is -0.363. The zero-order valence-corrected chi connectivity index (χ0v) is 14.8. The SMILES string of the molecule is CCc1nc(C(=O)N[C@H](c2nc(C(C)C)no2)C2CCOCC2)co1. The molecule has 1 atom stereocenters. The van der Waals surface area contributed by atoms with E-state index in [-0.39, 0.29) is 29.5 Å². The first kappa shape index (κ1) is 17.6. The summed E-state index contributed by atoms with van der Waals surface area (Å²) in [6.07, 6.45) is 3.66. The van der Waals surface area contributed by atoms with Crippen LogP contribution in [0, 0.1) is 5.92 Å². The third-order valence-electron chi connectivity index (χ3n) is 4.35. The van der Waals surface area contributed by atoms with E-state index in [9.17, 15) is 4.79 Å². The lowest BCUT2D eigenvalue weighted by Crippen LogP contribution is -2.36. The number of nitrogens with one attached hydrogen (secondary N) is 1. The molecule has 0 aromatic carbocycles. The first-order valence-electron chi connectivity index (χ1n) is 8.75. The van der Waals surface area contributed by atoms with Crippen LogP contribution in [0.1, 0.15) is 73.7 Å². The van der Waals surface area contributed by atoms with E-state index in [0.717, 1.165) is 12.8 Å². The Hall–Kier alpha value is -2.22. The van der Waals surface area contributed by atoms with Gasteiger partial charge in [0.2, 0.25) is 5.89 Å². The van der Waals surface area contributed by atoms with Gasteiger partial charge >= 0.3 is 0 Å². The number of carbonyl (C=O) groups is 1. The normalized spacial score (nSPS) is 17.0. The van der Waals surface area contributed by atoms with Gasteiger partial charge < -0.3 is 19.0 Å². The van der Waals surface area contributed by atoms with Crippen molar-refractivity contribution in [1.29, 1.82) is 0 Å². The molecule has 0 bridgehead atoms. The molecule has 2 aromatic heterocycles. The van der Waals surface area contributed by atoms with Gasteiger partial charge in [-0.2, -0.15) is 4.98 Å². The van der Waals surface area contributed by atoms with Crippen LogP contribution < -0.4 is 5.32 Å². The van der Waals surface area contributed by atoms with Crippen LogP contribution in [0.15, 0.2) is 15.2 Å². The Morgan fingerprint density at radius 3 is 2.68 bits per heavy atom. The number of ether oxygens (including phenoxy) is 1. The van der Waals surface area contributed by atoms with E-state index in [1.807, 2.05) is 20.8 Å². The Labute approximate surface area is 146 Å². The Morgan fingerprint density at radius 2 is 2.08 bits per heavy atom. The van der Waals surface area contributed by atoms with E-state index in [1.165, 1.54) is 6.26 Å². The lowest BCUT2D eigenvalue weighted by molar-refractivity contribution is 0.0467. The number of rotatable bonds is 6. The highest BCUT2D eigenvalue weighted by atomic mass is 16.5. The van der Waals surface area contributed by atoms with Gasteiger partial charge in [0.25, 0.3) is 5.91 Å². The van der Waals surface area contributed by atoms with Crippen LogP contribution in [-0.4, -0.2) is 34.2 Å². The number of oxazole rings is 1. The molecule has 0 spiro atoms. The number of aryl methyl sites for hydroxylation is 1. The van der Waals surface area contributed by atoms with Crippen molar-refractivity contribution in [1.82, 2.24) is 20.4 Å². The van der Waals surface area contributed by atoms with Crippen LogP contribution in [0.4, 0.5) is 0 Å². The lowest BCUT2D eigenvalue weighted by Gasteiger charge is -2.28. The molecular formula is C17H24N4O4. The molecule has 1 saturated heterocycles. The van der Waals surface area contributed by atoms with Gasteiger partial charge in [-0.1, -0.05) is 25.9 Å². The van der Waals surface area contributed by atoms with Crippen LogP contribution in [0.2, 0.25) is 0 Å². The summed E-state index contributed by atoms with van der Waals surface area (Å²) >= 11 is 0. The largest absolute Gasteiger partial charge is 0.448 e. The third-order valence-corrected chi connectivity index (χ3v) is 4.35. The third kappa shape index (κ3) is 4.07. The molecule has 3 heterocycles. The topological polar surface area (TPSA) is 103 Å². The van der Waals surface area contributed by atoms with E-state index in [4.69, 9.17) is 13.7 Å². The van der Waals surface area contributed by atoms with Crippen molar-refractivity contribution >= 4 is 5.91 Å². The average molecular weight is 348 g/mol. The molecule has 0 unspecified atom stereocenters. The van der Waals surface area contributed by atoms with E-state index in [0.29, 0.717) is 37.2 Å². The summed E-state index contributed by atoms with van der Waals surface area (Å²) in [5, 5.41) is 7.02. The molecule has 0 aliphatic carbocycles. The molecule has 8 nitrogen and oxygen atoms in total. The Bertz CT molecular complexity index is 703. The second-order valence-electron chi connectivity index (χ2n) is 6.53. The molecule has 136 valence electrons. The minimum Gasteiger partial charge on any atom is -0.448 e. The number of hydrogen-bond acceptors (Lipinski definition) is 7. The molecule has 1 aliphatic heterocycles. The lowest BCUT2D eigenvalue weighted by atomic mass is 9.91. The van der Waals surface area contributed by atoms with Gasteiger partial charge in [-0.3, -0.25) is 4.79 Å². The van der Waals surface area contributed by atoms with Crippen molar-refractivity contribution in [3.63, 3.8) is 0 Å². The van der Waals surface area contributed by atoms with E-state index in [2.05, 4.69) is 20.4 Å². The van der Waals surface area contributed by atoms with Crippen LogP contribution in [0.5, 0.6) is 0 Å². The van der Waals surface area contributed by atoms with Gasteiger partial charge in [0.1, 0.15) is 12.3 Å². The number of aromatic nitrogens is 3. The molecule has 1 N–H and O–H groups in total. The van der Waals surface area contributed by atoms with Gasteiger partial charge in [0.05, 0.1) is 0 Å². The summed E-state index contributed by atoms with van der Waals surface area (Å²) < 4.78 is 16.1. The second-order valence-corrected chi connectivity index (χ2v) is 6.53. The number of nitrogens with zero attached hydrogens (tertiary/aromatic N) is 3. The second kappa shape index (κ2) is 7.77. The van der Waals surface area contributed by atoms with Crippen molar-refractivity contribution in [2.75, 3.05) is 13.2 Å². The zero-order valence-electron chi connectivity index (χ0n) is 14.8. The first-order chi connectivity index (χ1) is 12.1. The number of hydrogen-bond donors (Lipinski definition) is 1. The summed E-state index contributed by atoms with van der Waals surface area (Å²) in [5.41, 5.74) is 0.262. The molecule has 8 heteroatoms. The summed E-state index contributed by atoms with van der Waals surface area (Å²) in [5.74, 6) is 1.64. The van der Waals surface area contributed by atoms with Crippen molar-refractivity contribution in [3.8, 4) is 0 Å². The molecule has 0 saturated carbocycles. The quantitative estimate of drug-likeness (QED) is 0.856. The molecule has 25 heavy (non-hydrogen) atoms. The average Bonchev–Trinajstić information content (AvgIpc) is 3.29. The van der Waals surface area contributed by atoms with Gasteiger partial charge in [0.15, 0.2) is 17.4 Å². The fraction of sp³-hybridized carbons (Fsp3) is 0.647. The maximum absolute atomic E-state index is 12.6. The predicted octanol–water partition coefficient (Wildman–Crippen LogP) is 2.64. The summed E-state index contributed by atoms with van der Waals surface area (Å²) in [4.78, 5) is 21.2. The van der Waals surface area contributed by atoms with Gasteiger partial charge in [-0.25, -0.2) is 4.98 Å². The number of amides is 1. The highest BCUT2D eigenvalue weighted by Gasteiger charge is 2.32. The monoisotopic (exact) mass is 348 g/mol. The summed E-state index contributed by atoms with van der Waals surface area (Å²) in [6.45, 7) is 7.24. The maximum Gasteiger partial charge on any atom is 0.273 e. The molecule has 1 fully saturated rings. The van der Waals surface area contributed by atoms with E-state index >= 15 is 0 Å². The van der Waals surface area contributed by atoms with Crippen LogP contribution >= 0.6 is 0 Å². The first-order valence-corrected chi connectivity index (χ1v) is 8.75. The van der Waals surface area contributed by atoms with Gasteiger partial charge in [-0.15, -0.1) is 0 Å².